The van der Waals surface area contributed by atoms with Crippen LogP contribution in [0.3, 0.4) is 0 Å². The molecule has 0 radical (unpaired) electrons. The van der Waals surface area contributed by atoms with Crippen LogP contribution in [0.1, 0.15) is 30.0 Å². The van der Waals surface area contributed by atoms with E-state index < -0.39 is 5.97 Å². The summed E-state index contributed by atoms with van der Waals surface area (Å²) in [6.07, 6.45) is 0.573. The van der Waals surface area contributed by atoms with Gasteiger partial charge < -0.3 is 9.67 Å². The number of carboxylic acids is 1. The molecule has 116 valence electrons. The fourth-order valence-corrected chi connectivity index (χ4v) is 2.61. The van der Waals surface area contributed by atoms with E-state index in [4.69, 9.17) is 5.11 Å². The van der Waals surface area contributed by atoms with Crippen molar-refractivity contribution in [2.75, 3.05) is 0 Å². The van der Waals surface area contributed by atoms with Gasteiger partial charge in [-0.05, 0) is 38.0 Å². The molecule has 0 spiro atoms. The van der Waals surface area contributed by atoms with Crippen molar-refractivity contribution in [1.82, 2.24) is 4.57 Å². The number of benzene rings is 1. The van der Waals surface area contributed by atoms with Gasteiger partial charge in [0, 0.05) is 17.7 Å². The second-order valence-electron chi connectivity index (χ2n) is 5.59. The third-order valence-corrected chi connectivity index (χ3v) is 3.71. The molecule has 0 bridgehead atoms. The van der Waals surface area contributed by atoms with Gasteiger partial charge in [-0.25, -0.2) is 0 Å². The van der Waals surface area contributed by atoms with Gasteiger partial charge in [0.05, 0.1) is 12.1 Å². The van der Waals surface area contributed by atoms with E-state index in [2.05, 4.69) is 6.07 Å². The minimum absolute atomic E-state index is 0.206. The number of hydrogen-bond acceptors (Lipinski definition) is 2. The van der Waals surface area contributed by atoms with Crippen molar-refractivity contribution in [3.63, 3.8) is 0 Å². The molecule has 0 unspecified atom stereocenters. The molecule has 22 heavy (non-hydrogen) atoms. The Bertz CT molecular complexity index is 759. The summed E-state index contributed by atoms with van der Waals surface area (Å²) in [5.41, 5.74) is 4.22. The quantitative estimate of drug-likeness (QED) is 0.922. The standard InChI is InChI=1S/C18H21NO3/c1-4-9-19-16(15-10-12(2)5-6-13(15)3)8-7-14(18(19)22)11-17(20)21/h5-8,10H,4,9,11H2,1-3H3,(H,20,21). The lowest BCUT2D eigenvalue weighted by molar-refractivity contribution is -0.136. The van der Waals surface area contributed by atoms with E-state index in [1.54, 1.807) is 10.6 Å². The molecule has 1 aromatic heterocycles. The molecule has 1 N–H and O–H groups in total. The molecule has 0 aliphatic carbocycles. The molecule has 2 aromatic rings. The molecule has 0 amide bonds. The highest BCUT2D eigenvalue weighted by atomic mass is 16.4. The molecule has 1 heterocycles. The lowest BCUT2D eigenvalue weighted by Crippen LogP contribution is -2.26. The largest absolute Gasteiger partial charge is 0.481 e. The third kappa shape index (κ3) is 3.27. The van der Waals surface area contributed by atoms with Crippen molar-refractivity contribution in [1.29, 1.82) is 0 Å². The SMILES string of the molecule is CCCn1c(-c2cc(C)ccc2C)ccc(CC(=O)O)c1=O. The molecule has 0 saturated heterocycles. The number of carbonyl (C=O) groups is 1. The fraction of sp³-hybridized carbons (Fsp3) is 0.333. The predicted octanol–water partition coefficient (Wildman–Crippen LogP) is 3.17. The first-order valence-corrected chi connectivity index (χ1v) is 7.46. The highest BCUT2D eigenvalue weighted by Crippen LogP contribution is 2.24. The summed E-state index contributed by atoms with van der Waals surface area (Å²) >= 11 is 0. The van der Waals surface area contributed by atoms with E-state index in [1.807, 2.05) is 39.0 Å². The molecule has 4 nitrogen and oxygen atoms in total. The van der Waals surface area contributed by atoms with Crippen molar-refractivity contribution in [3.05, 3.63) is 57.4 Å². The third-order valence-electron chi connectivity index (χ3n) is 3.71. The summed E-state index contributed by atoms with van der Waals surface area (Å²) in [6, 6.07) is 9.64. The van der Waals surface area contributed by atoms with Crippen LogP contribution >= 0.6 is 0 Å². The second-order valence-corrected chi connectivity index (χ2v) is 5.59. The summed E-state index contributed by atoms with van der Waals surface area (Å²) in [7, 11) is 0. The van der Waals surface area contributed by atoms with Crippen molar-refractivity contribution < 1.29 is 9.90 Å². The Morgan fingerprint density at radius 3 is 2.55 bits per heavy atom. The molecule has 0 aliphatic rings. The maximum atomic E-state index is 12.6. The van der Waals surface area contributed by atoms with Gasteiger partial charge >= 0.3 is 5.97 Å². The Morgan fingerprint density at radius 2 is 1.91 bits per heavy atom. The zero-order valence-electron chi connectivity index (χ0n) is 13.2. The van der Waals surface area contributed by atoms with Gasteiger partial charge in [-0.2, -0.15) is 0 Å². The molecule has 0 fully saturated rings. The van der Waals surface area contributed by atoms with Crippen molar-refractivity contribution >= 4 is 5.97 Å². The smallest absolute Gasteiger partial charge is 0.308 e. The molecular formula is C18H21NO3. The number of aliphatic carboxylic acids is 1. The number of nitrogens with zero attached hydrogens (tertiary/aromatic N) is 1. The Hall–Kier alpha value is -2.36. The van der Waals surface area contributed by atoms with Gasteiger partial charge in [0.1, 0.15) is 0 Å². The Labute approximate surface area is 130 Å². The van der Waals surface area contributed by atoms with Gasteiger partial charge in [0.15, 0.2) is 0 Å². The first kappa shape index (κ1) is 16.0. The summed E-state index contributed by atoms with van der Waals surface area (Å²) in [5.74, 6) is -0.986. The first-order chi connectivity index (χ1) is 10.4. The van der Waals surface area contributed by atoms with Crippen LogP contribution in [-0.4, -0.2) is 15.6 Å². The minimum Gasteiger partial charge on any atom is -0.481 e. The minimum atomic E-state index is -0.986. The molecule has 0 atom stereocenters. The zero-order chi connectivity index (χ0) is 16.3. The number of aryl methyl sites for hydroxylation is 2. The molecule has 0 aliphatic heterocycles. The van der Waals surface area contributed by atoms with Crippen LogP contribution < -0.4 is 5.56 Å². The van der Waals surface area contributed by atoms with E-state index in [-0.39, 0.29) is 12.0 Å². The van der Waals surface area contributed by atoms with Crippen LogP contribution in [0.4, 0.5) is 0 Å². The maximum absolute atomic E-state index is 12.6. The monoisotopic (exact) mass is 299 g/mol. The van der Waals surface area contributed by atoms with E-state index in [1.165, 1.54) is 0 Å². The summed E-state index contributed by atoms with van der Waals surface area (Å²) in [4.78, 5) is 23.5. The number of aromatic nitrogens is 1. The predicted molar refractivity (Wildman–Crippen MR) is 87.2 cm³/mol. The van der Waals surface area contributed by atoms with Crippen molar-refractivity contribution in [3.8, 4) is 11.3 Å². The Kier molecular flexibility index (Phi) is 4.81. The lowest BCUT2D eigenvalue weighted by atomic mass is 10.0. The van der Waals surface area contributed by atoms with Crippen LogP contribution in [-0.2, 0) is 17.8 Å². The van der Waals surface area contributed by atoms with E-state index >= 15 is 0 Å². The van der Waals surface area contributed by atoms with Crippen molar-refractivity contribution in [2.24, 2.45) is 0 Å². The number of pyridine rings is 1. The topological polar surface area (TPSA) is 59.3 Å². The molecular weight excluding hydrogens is 278 g/mol. The van der Waals surface area contributed by atoms with Gasteiger partial charge in [-0.1, -0.05) is 30.7 Å². The molecule has 0 saturated carbocycles. The number of hydrogen-bond donors (Lipinski definition) is 1. The van der Waals surface area contributed by atoms with Crippen molar-refractivity contribution in [2.45, 2.75) is 40.2 Å². The second kappa shape index (κ2) is 6.60. The Morgan fingerprint density at radius 1 is 1.18 bits per heavy atom. The Balaban J connectivity index is 2.66. The van der Waals surface area contributed by atoms with Gasteiger partial charge in [-0.15, -0.1) is 0 Å². The highest BCUT2D eigenvalue weighted by Gasteiger charge is 2.13. The average molecular weight is 299 g/mol. The van der Waals surface area contributed by atoms with Gasteiger partial charge in [0.25, 0.3) is 5.56 Å². The highest BCUT2D eigenvalue weighted by molar-refractivity contribution is 5.71. The van der Waals surface area contributed by atoms with E-state index in [9.17, 15) is 9.59 Å². The van der Waals surface area contributed by atoms with Crippen LogP contribution in [0, 0.1) is 13.8 Å². The van der Waals surface area contributed by atoms with E-state index in [0.717, 1.165) is 28.8 Å². The maximum Gasteiger partial charge on any atom is 0.308 e. The first-order valence-electron chi connectivity index (χ1n) is 7.46. The van der Waals surface area contributed by atoms with Crippen LogP contribution in [0.15, 0.2) is 35.1 Å². The van der Waals surface area contributed by atoms with Crippen LogP contribution in [0.5, 0.6) is 0 Å². The van der Waals surface area contributed by atoms with Crippen LogP contribution in [0.2, 0.25) is 0 Å². The fourth-order valence-electron chi connectivity index (χ4n) is 2.61. The summed E-state index contributed by atoms with van der Waals surface area (Å²) < 4.78 is 1.69. The summed E-state index contributed by atoms with van der Waals surface area (Å²) in [5, 5.41) is 8.93. The van der Waals surface area contributed by atoms with Gasteiger partial charge in [0.2, 0.25) is 0 Å². The number of rotatable bonds is 5. The average Bonchev–Trinajstić information content (AvgIpc) is 2.46. The molecule has 1 aromatic carbocycles. The van der Waals surface area contributed by atoms with E-state index in [0.29, 0.717) is 12.1 Å². The van der Waals surface area contributed by atoms with Gasteiger partial charge in [-0.3, -0.25) is 9.59 Å². The lowest BCUT2D eigenvalue weighted by Gasteiger charge is -2.16. The molecule has 2 rings (SSSR count). The molecule has 4 heteroatoms. The zero-order valence-corrected chi connectivity index (χ0v) is 13.2. The normalized spacial score (nSPS) is 10.7. The number of carboxylic acid groups (broad SMARTS) is 1. The van der Waals surface area contributed by atoms with Crippen LogP contribution in [0.25, 0.3) is 11.3 Å². The summed E-state index contributed by atoms with van der Waals surface area (Å²) in [6.45, 7) is 6.61.